The summed E-state index contributed by atoms with van der Waals surface area (Å²) in [5.74, 6) is 0.348. The van der Waals surface area contributed by atoms with Crippen molar-refractivity contribution in [2.75, 3.05) is 26.1 Å². The first-order chi connectivity index (χ1) is 14.9. The third kappa shape index (κ3) is 5.14. The number of methoxy groups -OCH3 is 2. The maximum Gasteiger partial charge on any atom is 0.250 e. The van der Waals surface area contributed by atoms with Crippen LogP contribution in [0.1, 0.15) is 48.2 Å². The smallest absolute Gasteiger partial charge is 0.250 e. The van der Waals surface area contributed by atoms with Gasteiger partial charge in [-0.1, -0.05) is 32.0 Å². The highest BCUT2D eigenvalue weighted by atomic mass is 16.5. The van der Waals surface area contributed by atoms with Crippen LogP contribution in [0.4, 0.5) is 5.69 Å². The minimum Gasteiger partial charge on any atom is -0.497 e. The zero-order chi connectivity index (χ0) is 22.4. The van der Waals surface area contributed by atoms with Crippen molar-refractivity contribution >= 4 is 23.1 Å². The first-order valence-corrected chi connectivity index (χ1v) is 10.5. The highest BCUT2D eigenvalue weighted by Gasteiger charge is 2.33. The molecule has 2 aromatic rings. The first-order valence-electron chi connectivity index (χ1n) is 10.5. The monoisotopic (exact) mass is 422 g/mol. The molecule has 0 radical (unpaired) electrons. The number of amides is 1. The van der Waals surface area contributed by atoms with E-state index in [1.165, 1.54) is 12.7 Å². The SMILES string of the molecule is CCC1(CC)Cc2ccc(OC)cc2C(=CC(=O)c2cccc(NC(=O)COC)c2)N1. The van der Waals surface area contributed by atoms with Gasteiger partial charge in [-0.25, -0.2) is 0 Å². The van der Waals surface area contributed by atoms with Crippen LogP contribution in [0.5, 0.6) is 5.75 Å². The zero-order valence-electron chi connectivity index (χ0n) is 18.6. The summed E-state index contributed by atoms with van der Waals surface area (Å²) < 4.78 is 10.2. The van der Waals surface area contributed by atoms with E-state index in [0.717, 1.165) is 36.3 Å². The first kappa shape index (κ1) is 22.6. The molecule has 0 unspecified atom stereocenters. The zero-order valence-corrected chi connectivity index (χ0v) is 18.6. The number of benzene rings is 2. The minimum absolute atomic E-state index is 0.0408. The van der Waals surface area contributed by atoms with E-state index < -0.39 is 0 Å². The van der Waals surface area contributed by atoms with Crippen LogP contribution < -0.4 is 15.4 Å². The Morgan fingerprint density at radius 2 is 1.90 bits per heavy atom. The number of ether oxygens (including phenoxy) is 2. The van der Waals surface area contributed by atoms with Crippen LogP contribution in [0, 0.1) is 0 Å². The average molecular weight is 423 g/mol. The Labute approximate surface area is 183 Å². The number of hydrogen-bond donors (Lipinski definition) is 2. The van der Waals surface area contributed by atoms with Crippen molar-refractivity contribution in [1.82, 2.24) is 5.32 Å². The lowest BCUT2D eigenvalue weighted by atomic mass is 9.79. The molecule has 0 aliphatic carbocycles. The molecule has 0 spiro atoms. The number of hydrogen-bond acceptors (Lipinski definition) is 5. The molecule has 1 amide bonds. The van der Waals surface area contributed by atoms with E-state index in [-0.39, 0.29) is 23.8 Å². The Morgan fingerprint density at radius 1 is 1.13 bits per heavy atom. The van der Waals surface area contributed by atoms with Crippen LogP contribution in [0.3, 0.4) is 0 Å². The van der Waals surface area contributed by atoms with Crippen LogP contribution in [-0.4, -0.2) is 38.1 Å². The molecule has 3 rings (SSSR count). The summed E-state index contributed by atoms with van der Waals surface area (Å²) >= 11 is 0. The lowest BCUT2D eigenvalue weighted by molar-refractivity contribution is -0.119. The fraction of sp³-hybridized carbons (Fsp3) is 0.360. The van der Waals surface area contributed by atoms with Crippen LogP contribution >= 0.6 is 0 Å². The summed E-state index contributed by atoms with van der Waals surface area (Å²) in [5.41, 5.74) is 3.93. The normalized spacial score (nSPS) is 15.7. The van der Waals surface area contributed by atoms with Gasteiger partial charge in [0.1, 0.15) is 12.4 Å². The van der Waals surface area contributed by atoms with Crippen molar-refractivity contribution in [3.63, 3.8) is 0 Å². The molecule has 0 bridgehead atoms. The van der Waals surface area contributed by atoms with Gasteiger partial charge in [0.25, 0.3) is 0 Å². The largest absolute Gasteiger partial charge is 0.497 e. The Hall–Kier alpha value is -3.12. The fourth-order valence-electron chi connectivity index (χ4n) is 3.93. The highest BCUT2D eigenvalue weighted by Crippen LogP contribution is 2.35. The van der Waals surface area contributed by atoms with Crippen molar-refractivity contribution in [1.29, 1.82) is 0 Å². The van der Waals surface area contributed by atoms with Crippen molar-refractivity contribution in [3.05, 3.63) is 65.2 Å². The Kier molecular flexibility index (Phi) is 7.13. The number of rotatable bonds is 8. The predicted octanol–water partition coefficient (Wildman–Crippen LogP) is 4.21. The Bertz CT molecular complexity index is 993. The topological polar surface area (TPSA) is 76.7 Å². The Balaban J connectivity index is 1.96. The quantitative estimate of drug-likeness (QED) is 0.492. The summed E-state index contributed by atoms with van der Waals surface area (Å²) in [6.07, 6.45) is 4.43. The minimum atomic E-state index is -0.268. The molecular formula is C25H30N2O4. The third-order valence-corrected chi connectivity index (χ3v) is 5.87. The van der Waals surface area contributed by atoms with E-state index in [0.29, 0.717) is 11.3 Å². The van der Waals surface area contributed by atoms with E-state index in [1.54, 1.807) is 37.5 Å². The fourth-order valence-corrected chi connectivity index (χ4v) is 3.93. The van der Waals surface area contributed by atoms with Gasteiger partial charge >= 0.3 is 0 Å². The number of fused-ring (bicyclic) bond motifs is 1. The molecule has 2 N–H and O–H groups in total. The van der Waals surface area contributed by atoms with Gasteiger partial charge in [-0.2, -0.15) is 0 Å². The lowest BCUT2D eigenvalue weighted by Crippen LogP contribution is -2.48. The maximum atomic E-state index is 13.1. The van der Waals surface area contributed by atoms with Crippen LogP contribution in [0.25, 0.3) is 5.70 Å². The number of nitrogens with one attached hydrogen (secondary N) is 2. The van der Waals surface area contributed by atoms with Gasteiger partial charge in [-0.15, -0.1) is 0 Å². The van der Waals surface area contributed by atoms with Crippen LogP contribution in [0.15, 0.2) is 48.5 Å². The summed E-state index contributed by atoms with van der Waals surface area (Å²) in [6.45, 7) is 4.29. The number of ketones is 1. The summed E-state index contributed by atoms with van der Waals surface area (Å²) in [4.78, 5) is 24.9. The highest BCUT2D eigenvalue weighted by molar-refractivity contribution is 6.09. The molecule has 1 heterocycles. The molecule has 1 aliphatic rings. The van der Waals surface area contributed by atoms with Crippen molar-refractivity contribution in [2.24, 2.45) is 0 Å². The van der Waals surface area contributed by atoms with Gasteiger partial charge in [-0.3, -0.25) is 9.59 Å². The number of carbonyl (C=O) groups excluding carboxylic acids is 2. The summed E-state index contributed by atoms with van der Waals surface area (Å²) in [7, 11) is 3.10. The van der Waals surface area contributed by atoms with Gasteiger partial charge in [-0.05, 0) is 49.1 Å². The van der Waals surface area contributed by atoms with Crippen molar-refractivity contribution < 1.29 is 19.1 Å². The van der Waals surface area contributed by atoms with E-state index in [1.807, 2.05) is 12.1 Å². The van der Waals surface area contributed by atoms with Gasteiger partial charge in [0, 0.05) is 41.2 Å². The molecule has 2 aromatic carbocycles. The van der Waals surface area contributed by atoms with E-state index >= 15 is 0 Å². The van der Waals surface area contributed by atoms with Crippen molar-refractivity contribution in [2.45, 2.75) is 38.6 Å². The summed E-state index contributed by atoms with van der Waals surface area (Å²) in [5, 5.41) is 6.37. The molecule has 0 atom stereocenters. The van der Waals surface area contributed by atoms with E-state index in [4.69, 9.17) is 9.47 Å². The molecule has 0 aromatic heterocycles. The van der Waals surface area contributed by atoms with Gasteiger partial charge < -0.3 is 20.1 Å². The lowest BCUT2D eigenvalue weighted by Gasteiger charge is -2.40. The van der Waals surface area contributed by atoms with E-state index in [9.17, 15) is 9.59 Å². The predicted molar refractivity (Wildman–Crippen MR) is 122 cm³/mol. The molecule has 164 valence electrons. The number of allylic oxidation sites excluding steroid dienone is 1. The molecule has 31 heavy (non-hydrogen) atoms. The Morgan fingerprint density at radius 3 is 2.58 bits per heavy atom. The molecule has 6 heteroatoms. The third-order valence-electron chi connectivity index (χ3n) is 5.87. The van der Waals surface area contributed by atoms with Crippen LogP contribution in [0.2, 0.25) is 0 Å². The molecule has 0 saturated heterocycles. The van der Waals surface area contributed by atoms with Crippen LogP contribution in [-0.2, 0) is 16.0 Å². The molecule has 0 fully saturated rings. The standard InChI is InChI=1S/C25H30N2O4/c1-5-25(6-2)15-18-10-11-20(31-4)13-21(18)22(27-25)14-23(28)17-8-7-9-19(12-17)26-24(29)16-30-3/h7-14,27H,5-6,15-16H2,1-4H3,(H,26,29). The molecule has 0 saturated carbocycles. The number of carbonyl (C=O) groups is 2. The second kappa shape index (κ2) is 9.79. The van der Waals surface area contributed by atoms with E-state index in [2.05, 4.69) is 30.5 Å². The van der Waals surface area contributed by atoms with Gasteiger partial charge in [0.15, 0.2) is 5.78 Å². The van der Waals surface area contributed by atoms with Gasteiger partial charge in [0.05, 0.1) is 7.11 Å². The van der Waals surface area contributed by atoms with Gasteiger partial charge in [0.2, 0.25) is 5.91 Å². The number of anilines is 1. The van der Waals surface area contributed by atoms with Crippen molar-refractivity contribution in [3.8, 4) is 5.75 Å². The maximum absolute atomic E-state index is 13.1. The second-order valence-corrected chi connectivity index (χ2v) is 7.80. The summed E-state index contributed by atoms with van der Waals surface area (Å²) in [6, 6.07) is 12.9. The molecular weight excluding hydrogens is 392 g/mol. The second-order valence-electron chi connectivity index (χ2n) is 7.80. The molecule has 1 aliphatic heterocycles. The average Bonchev–Trinajstić information content (AvgIpc) is 2.78. The molecule has 6 nitrogen and oxygen atoms in total.